The first-order valence-electron chi connectivity index (χ1n) is 5.59. The van der Waals surface area contributed by atoms with Crippen molar-refractivity contribution in [1.29, 1.82) is 0 Å². The highest BCUT2D eigenvalue weighted by atomic mass is 16.4. The van der Waals surface area contributed by atoms with Crippen molar-refractivity contribution in [2.75, 3.05) is 6.54 Å². The zero-order valence-electron chi connectivity index (χ0n) is 9.25. The van der Waals surface area contributed by atoms with Crippen molar-refractivity contribution in [2.45, 2.75) is 44.6 Å². The number of rotatable bonds is 4. The van der Waals surface area contributed by atoms with E-state index in [1.807, 2.05) is 6.92 Å². The Bertz CT molecular complexity index is 269. The Morgan fingerprint density at radius 3 is 2.93 bits per heavy atom. The van der Waals surface area contributed by atoms with E-state index in [2.05, 4.69) is 11.2 Å². The second kappa shape index (κ2) is 5.18. The third kappa shape index (κ3) is 2.32. The molecule has 1 rings (SSSR count). The van der Waals surface area contributed by atoms with E-state index in [9.17, 15) is 9.90 Å². The fraction of sp³-hybridized carbons (Fsp3) is 0.750. The van der Waals surface area contributed by atoms with Gasteiger partial charge in [-0.15, -0.1) is 6.42 Å². The van der Waals surface area contributed by atoms with Crippen LogP contribution in [0.4, 0.5) is 0 Å². The summed E-state index contributed by atoms with van der Waals surface area (Å²) in [6, 6.07) is 0. The lowest BCUT2D eigenvalue weighted by Gasteiger charge is -2.40. The molecule has 1 aliphatic rings. The van der Waals surface area contributed by atoms with E-state index in [0.717, 1.165) is 25.7 Å². The number of carboxylic acids is 1. The Morgan fingerprint density at radius 2 is 2.40 bits per heavy atom. The van der Waals surface area contributed by atoms with Gasteiger partial charge in [-0.05, 0) is 18.8 Å². The zero-order chi connectivity index (χ0) is 11.3. The summed E-state index contributed by atoms with van der Waals surface area (Å²) in [6.07, 6.45) is 9.87. The summed E-state index contributed by atoms with van der Waals surface area (Å²) in [4.78, 5) is 11.4. The third-order valence-corrected chi connectivity index (χ3v) is 3.45. The normalized spacial score (nSPS) is 30.8. The molecule has 2 atom stereocenters. The Labute approximate surface area is 91.3 Å². The molecule has 0 aromatic rings. The first-order chi connectivity index (χ1) is 7.17. The Morgan fingerprint density at radius 1 is 1.67 bits per heavy atom. The van der Waals surface area contributed by atoms with Crippen LogP contribution in [0.15, 0.2) is 0 Å². The van der Waals surface area contributed by atoms with Crippen LogP contribution in [0, 0.1) is 18.3 Å². The maximum Gasteiger partial charge on any atom is 0.324 e. The Hall–Kier alpha value is -1.01. The van der Waals surface area contributed by atoms with Gasteiger partial charge < -0.3 is 5.11 Å². The topological polar surface area (TPSA) is 49.3 Å². The second-order valence-corrected chi connectivity index (χ2v) is 4.19. The van der Waals surface area contributed by atoms with Gasteiger partial charge in [0, 0.05) is 0 Å². The number of terminal acetylenes is 1. The van der Waals surface area contributed by atoms with Crippen molar-refractivity contribution in [3.63, 3.8) is 0 Å². The minimum atomic E-state index is -0.778. The molecule has 1 aliphatic carbocycles. The van der Waals surface area contributed by atoms with E-state index >= 15 is 0 Å². The van der Waals surface area contributed by atoms with Crippen molar-refractivity contribution < 1.29 is 9.90 Å². The molecule has 0 bridgehead atoms. The van der Waals surface area contributed by atoms with Crippen LogP contribution in [-0.4, -0.2) is 23.2 Å². The number of nitrogens with one attached hydrogen (secondary N) is 1. The summed E-state index contributed by atoms with van der Waals surface area (Å²) >= 11 is 0. The van der Waals surface area contributed by atoms with Gasteiger partial charge in [0.25, 0.3) is 0 Å². The maximum atomic E-state index is 11.4. The molecular formula is C12H19NO2. The van der Waals surface area contributed by atoms with E-state index in [0.29, 0.717) is 13.0 Å². The van der Waals surface area contributed by atoms with E-state index in [-0.39, 0.29) is 5.92 Å². The molecule has 0 saturated heterocycles. The molecule has 0 heterocycles. The molecule has 0 aromatic heterocycles. The monoisotopic (exact) mass is 209 g/mol. The standard InChI is InChI=1S/C12H19NO2/c1-3-9-13-12(11(14)15)8-6-5-7-10(12)4-2/h1,10,13H,4-9H2,2H3,(H,14,15). The van der Waals surface area contributed by atoms with Crippen LogP contribution >= 0.6 is 0 Å². The molecular weight excluding hydrogens is 190 g/mol. The highest BCUT2D eigenvalue weighted by molar-refractivity contribution is 5.79. The van der Waals surface area contributed by atoms with E-state index in [1.54, 1.807) is 0 Å². The maximum absolute atomic E-state index is 11.4. The molecule has 0 amide bonds. The summed E-state index contributed by atoms with van der Waals surface area (Å²) < 4.78 is 0. The van der Waals surface area contributed by atoms with Gasteiger partial charge >= 0.3 is 5.97 Å². The minimum absolute atomic E-state index is 0.206. The molecule has 3 heteroatoms. The highest BCUT2D eigenvalue weighted by Crippen LogP contribution is 2.36. The molecule has 1 fully saturated rings. The van der Waals surface area contributed by atoms with Crippen molar-refractivity contribution in [3.05, 3.63) is 0 Å². The zero-order valence-corrected chi connectivity index (χ0v) is 9.25. The van der Waals surface area contributed by atoms with Crippen LogP contribution in [0.5, 0.6) is 0 Å². The van der Waals surface area contributed by atoms with Gasteiger partial charge in [-0.25, -0.2) is 0 Å². The lowest BCUT2D eigenvalue weighted by molar-refractivity contribution is -0.149. The summed E-state index contributed by atoms with van der Waals surface area (Å²) in [5.41, 5.74) is -0.778. The first kappa shape index (κ1) is 12.1. The number of carboxylic acid groups (broad SMARTS) is 1. The fourth-order valence-corrected chi connectivity index (χ4v) is 2.60. The van der Waals surface area contributed by atoms with Gasteiger partial charge in [-0.3, -0.25) is 10.1 Å². The largest absolute Gasteiger partial charge is 0.480 e. The minimum Gasteiger partial charge on any atom is -0.480 e. The fourth-order valence-electron chi connectivity index (χ4n) is 2.60. The molecule has 2 N–H and O–H groups in total. The second-order valence-electron chi connectivity index (χ2n) is 4.19. The smallest absolute Gasteiger partial charge is 0.324 e. The highest BCUT2D eigenvalue weighted by Gasteiger charge is 2.45. The van der Waals surface area contributed by atoms with Gasteiger partial charge in [0.15, 0.2) is 0 Å². The van der Waals surface area contributed by atoms with Gasteiger partial charge in [0.05, 0.1) is 6.54 Å². The molecule has 15 heavy (non-hydrogen) atoms. The van der Waals surface area contributed by atoms with E-state index in [1.165, 1.54) is 0 Å². The molecule has 1 saturated carbocycles. The third-order valence-electron chi connectivity index (χ3n) is 3.45. The number of aliphatic carboxylic acids is 1. The summed E-state index contributed by atoms with van der Waals surface area (Å²) in [5.74, 6) is 1.92. The van der Waals surface area contributed by atoms with Crippen LogP contribution in [0.2, 0.25) is 0 Å². The van der Waals surface area contributed by atoms with E-state index in [4.69, 9.17) is 6.42 Å². The quantitative estimate of drug-likeness (QED) is 0.692. The Balaban J connectivity index is 2.85. The summed E-state index contributed by atoms with van der Waals surface area (Å²) in [7, 11) is 0. The lowest BCUT2D eigenvalue weighted by Crippen LogP contribution is -2.58. The molecule has 84 valence electrons. The van der Waals surface area contributed by atoms with Crippen LogP contribution in [0.3, 0.4) is 0 Å². The number of hydrogen-bond acceptors (Lipinski definition) is 2. The van der Waals surface area contributed by atoms with Crippen LogP contribution in [0.1, 0.15) is 39.0 Å². The van der Waals surface area contributed by atoms with Gasteiger partial charge in [0.1, 0.15) is 5.54 Å². The van der Waals surface area contributed by atoms with Gasteiger partial charge in [-0.1, -0.05) is 32.1 Å². The number of carbonyl (C=O) groups is 1. The van der Waals surface area contributed by atoms with Gasteiger partial charge in [0.2, 0.25) is 0 Å². The molecule has 0 spiro atoms. The number of hydrogen-bond donors (Lipinski definition) is 2. The molecule has 0 aromatic carbocycles. The van der Waals surface area contributed by atoms with Crippen LogP contribution in [-0.2, 0) is 4.79 Å². The molecule has 2 unspecified atom stereocenters. The van der Waals surface area contributed by atoms with Gasteiger partial charge in [-0.2, -0.15) is 0 Å². The summed E-state index contributed by atoms with van der Waals surface area (Å²) in [6.45, 7) is 2.38. The van der Waals surface area contributed by atoms with Crippen molar-refractivity contribution in [2.24, 2.45) is 5.92 Å². The average molecular weight is 209 g/mol. The van der Waals surface area contributed by atoms with E-state index < -0.39 is 11.5 Å². The van der Waals surface area contributed by atoms with Crippen molar-refractivity contribution in [3.8, 4) is 12.3 Å². The predicted octanol–water partition coefficient (Wildman–Crippen LogP) is 1.63. The molecule has 3 nitrogen and oxygen atoms in total. The summed E-state index contributed by atoms with van der Waals surface area (Å²) in [5, 5.41) is 12.4. The predicted molar refractivity (Wildman–Crippen MR) is 59.5 cm³/mol. The lowest BCUT2D eigenvalue weighted by atomic mass is 9.71. The Kier molecular flexibility index (Phi) is 4.16. The van der Waals surface area contributed by atoms with Crippen molar-refractivity contribution in [1.82, 2.24) is 5.32 Å². The van der Waals surface area contributed by atoms with Crippen LogP contribution < -0.4 is 5.32 Å². The SMILES string of the molecule is C#CCNC1(C(=O)O)CCCCC1CC. The van der Waals surface area contributed by atoms with Crippen molar-refractivity contribution >= 4 is 5.97 Å². The molecule has 0 aliphatic heterocycles. The first-order valence-corrected chi connectivity index (χ1v) is 5.59. The average Bonchev–Trinajstić information content (AvgIpc) is 2.26. The van der Waals surface area contributed by atoms with Crippen LogP contribution in [0.25, 0.3) is 0 Å². The molecule has 0 radical (unpaired) electrons.